The molecule has 0 N–H and O–H groups in total. The van der Waals surface area contributed by atoms with Gasteiger partial charge in [-0.25, -0.2) is 0 Å². The zero-order chi connectivity index (χ0) is 15.8. The first kappa shape index (κ1) is 17.2. The van der Waals surface area contributed by atoms with E-state index in [2.05, 4.69) is 4.74 Å². The van der Waals surface area contributed by atoms with Crippen molar-refractivity contribution >= 4 is 11.9 Å². The molecule has 5 heteroatoms. The maximum absolute atomic E-state index is 12.3. The lowest BCUT2D eigenvalue weighted by Crippen LogP contribution is -2.41. The first-order chi connectivity index (χ1) is 9.99. The average molecular weight is 292 g/mol. The van der Waals surface area contributed by atoms with Crippen LogP contribution in [0.5, 0.6) is 0 Å². The minimum absolute atomic E-state index is 0.00414. The van der Waals surface area contributed by atoms with Gasteiger partial charge in [-0.2, -0.15) is 0 Å². The van der Waals surface area contributed by atoms with Crippen molar-refractivity contribution < 1.29 is 14.3 Å². The molecular weight excluding hydrogens is 268 g/mol. The third kappa shape index (κ3) is 5.19. The van der Waals surface area contributed by atoms with Gasteiger partial charge in [-0.15, -0.1) is 0 Å². The number of nitrogens with zero attached hydrogens (tertiary/aromatic N) is 2. The zero-order valence-electron chi connectivity index (χ0n) is 13.2. The molecule has 0 heterocycles. The van der Waals surface area contributed by atoms with Gasteiger partial charge in [0.1, 0.15) is 0 Å². The Hall–Kier alpha value is -1.88. The van der Waals surface area contributed by atoms with Crippen LogP contribution >= 0.6 is 0 Å². The molecule has 1 unspecified atom stereocenters. The summed E-state index contributed by atoms with van der Waals surface area (Å²) in [5.74, 6) is -0.347. The summed E-state index contributed by atoms with van der Waals surface area (Å²) in [4.78, 5) is 27.1. The second-order valence-electron chi connectivity index (χ2n) is 4.97. The molecule has 5 nitrogen and oxygen atoms in total. The van der Waals surface area contributed by atoms with Gasteiger partial charge in [-0.3, -0.25) is 14.5 Å². The highest BCUT2D eigenvalue weighted by Gasteiger charge is 2.20. The molecule has 1 aromatic carbocycles. The molecule has 0 radical (unpaired) electrons. The minimum atomic E-state index is -0.330. The third-order valence-electron chi connectivity index (χ3n) is 3.64. The van der Waals surface area contributed by atoms with Crippen molar-refractivity contribution in [1.82, 2.24) is 9.80 Å². The molecule has 0 aliphatic heterocycles. The summed E-state index contributed by atoms with van der Waals surface area (Å²) >= 11 is 0. The average Bonchev–Trinajstić information content (AvgIpc) is 2.53. The minimum Gasteiger partial charge on any atom is -0.468 e. The van der Waals surface area contributed by atoms with E-state index < -0.39 is 0 Å². The zero-order valence-corrected chi connectivity index (χ0v) is 13.2. The van der Waals surface area contributed by atoms with E-state index >= 15 is 0 Å². The number of benzene rings is 1. The lowest BCUT2D eigenvalue weighted by atomic mass is 10.1. The molecule has 1 aromatic rings. The van der Waals surface area contributed by atoms with Gasteiger partial charge in [-0.05, 0) is 19.0 Å². The van der Waals surface area contributed by atoms with Crippen molar-refractivity contribution in [3.63, 3.8) is 0 Å². The van der Waals surface area contributed by atoms with Crippen molar-refractivity contribution in [2.24, 2.45) is 0 Å². The summed E-state index contributed by atoms with van der Waals surface area (Å²) in [5.41, 5.74) is 1.09. The summed E-state index contributed by atoms with van der Waals surface area (Å²) in [6.07, 6.45) is 0. The Kier molecular flexibility index (Phi) is 6.88. The number of likely N-dealkylation sites (N-methyl/N-ethyl adjacent to an activating group) is 2. The number of carbonyl (C=O) groups excluding carboxylic acids is 2. The summed E-state index contributed by atoms with van der Waals surface area (Å²) in [5, 5.41) is 0. The van der Waals surface area contributed by atoms with Gasteiger partial charge in [0.25, 0.3) is 0 Å². The number of methoxy groups -OCH3 is 1. The van der Waals surface area contributed by atoms with Crippen LogP contribution in [0.15, 0.2) is 30.3 Å². The third-order valence-corrected chi connectivity index (χ3v) is 3.64. The van der Waals surface area contributed by atoms with Gasteiger partial charge in [0.15, 0.2) is 0 Å². The van der Waals surface area contributed by atoms with Crippen LogP contribution in [0.25, 0.3) is 0 Å². The standard InChI is InChI=1S/C16H24N2O3/c1-5-18(12-16(20)21-4)11-15(19)17(3)13(2)14-9-7-6-8-10-14/h6-10,13H,5,11-12H2,1-4H3. The fraction of sp³-hybridized carbons (Fsp3) is 0.500. The van der Waals surface area contributed by atoms with Crippen molar-refractivity contribution in [3.05, 3.63) is 35.9 Å². The molecule has 0 fully saturated rings. The van der Waals surface area contributed by atoms with Crippen LogP contribution in [0, 0.1) is 0 Å². The molecule has 0 aliphatic rings. The van der Waals surface area contributed by atoms with E-state index in [-0.39, 0.29) is 31.0 Å². The van der Waals surface area contributed by atoms with Crippen LogP contribution < -0.4 is 0 Å². The molecule has 116 valence electrons. The van der Waals surface area contributed by atoms with Gasteiger partial charge in [0.2, 0.25) is 5.91 Å². The molecule has 0 spiro atoms. The second-order valence-corrected chi connectivity index (χ2v) is 4.97. The summed E-state index contributed by atoms with van der Waals surface area (Å²) < 4.78 is 4.64. The van der Waals surface area contributed by atoms with E-state index in [1.54, 1.807) is 16.8 Å². The van der Waals surface area contributed by atoms with Crippen LogP contribution in [0.4, 0.5) is 0 Å². The number of ether oxygens (including phenoxy) is 1. The number of rotatable bonds is 7. The Morgan fingerprint density at radius 2 is 1.81 bits per heavy atom. The van der Waals surface area contributed by atoms with E-state index in [1.807, 2.05) is 44.2 Å². The van der Waals surface area contributed by atoms with Crippen LogP contribution in [0.2, 0.25) is 0 Å². The highest BCUT2D eigenvalue weighted by Crippen LogP contribution is 2.18. The van der Waals surface area contributed by atoms with Gasteiger partial charge >= 0.3 is 5.97 Å². The Balaban J connectivity index is 2.63. The predicted molar refractivity (Wildman–Crippen MR) is 81.8 cm³/mol. The normalized spacial score (nSPS) is 12.0. The highest BCUT2D eigenvalue weighted by molar-refractivity contribution is 5.79. The van der Waals surface area contributed by atoms with Crippen molar-refractivity contribution in [3.8, 4) is 0 Å². The van der Waals surface area contributed by atoms with Gasteiger partial charge in [0, 0.05) is 7.05 Å². The molecule has 21 heavy (non-hydrogen) atoms. The van der Waals surface area contributed by atoms with E-state index in [0.29, 0.717) is 6.54 Å². The number of carbonyl (C=O) groups is 2. The Labute approximate surface area is 126 Å². The number of hydrogen-bond acceptors (Lipinski definition) is 4. The molecule has 1 amide bonds. The van der Waals surface area contributed by atoms with Crippen LogP contribution in [-0.2, 0) is 14.3 Å². The quantitative estimate of drug-likeness (QED) is 0.718. The van der Waals surface area contributed by atoms with Crippen LogP contribution in [-0.4, -0.2) is 55.5 Å². The second kappa shape index (κ2) is 8.42. The topological polar surface area (TPSA) is 49.9 Å². The smallest absolute Gasteiger partial charge is 0.319 e. The predicted octanol–water partition coefficient (Wildman–Crippen LogP) is 1.70. The Bertz CT molecular complexity index is 462. The first-order valence-electron chi connectivity index (χ1n) is 7.09. The maximum Gasteiger partial charge on any atom is 0.319 e. The lowest BCUT2D eigenvalue weighted by molar-refractivity contribution is -0.142. The largest absolute Gasteiger partial charge is 0.468 e. The molecule has 0 bridgehead atoms. The van der Waals surface area contributed by atoms with E-state index in [0.717, 1.165) is 5.56 Å². The molecule has 0 saturated heterocycles. The van der Waals surface area contributed by atoms with Crippen molar-refractivity contribution in [2.45, 2.75) is 19.9 Å². The van der Waals surface area contributed by atoms with Crippen LogP contribution in [0.1, 0.15) is 25.5 Å². The van der Waals surface area contributed by atoms with Crippen molar-refractivity contribution in [1.29, 1.82) is 0 Å². The van der Waals surface area contributed by atoms with Gasteiger partial charge < -0.3 is 9.64 Å². The molecule has 1 atom stereocenters. The number of esters is 1. The Morgan fingerprint density at radius 1 is 1.19 bits per heavy atom. The van der Waals surface area contributed by atoms with E-state index in [1.165, 1.54) is 7.11 Å². The summed E-state index contributed by atoms with van der Waals surface area (Å²) in [6, 6.07) is 9.86. The number of amides is 1. The fourth-order valence-electron chi connectivity index (χ4n) is 2.00. The van der Waals surface area contributed by atoms with E-state index in [9.17, 15) is 9.59 Å². The molecule has 0 aromatic heterocycles. The SMILES string of the molecule is CCN(CC(=O)OC)CC(=O)N(C)C(C)c1ccccc1. The summed E-state index contributed by atoms with van der Waals surface area (Å²) in [7, 11) is 3.13. The highest BCUT2D eigenvalue weighted by atomic mass is 16.5. The fourth-order valence-corrected chi connectivity index (χ4v) is 2.00. The molecule has 1 rings (SSSR count). The summed E-state index contributed by atoms with van der Waals surface area (Å²) in [6.45, 7) is 4.86. The van der Waals surface area contributed by atoms with Gasteiger partial charge in [-0.1, -0.05) is 37.3 Å². The molecule has 0 aliphatic carbocycles. The van der Waals surface area contributed by atoms with E-state index in [4.69, 9.17) is 0 Å². The molecule has 0 saturated carbocycles. The maximum atomic E-state index is 12.3. The van der Waals surface area contributed by atoms with Gasteiger partial charge in [0.05, 0.1) is 26.2 Å². The number of hydrogen-bond donors (Lipinski definition) is 0. The monoisotopic (exact) mass is 292 g/mol. The van der Waals surface area contributed by atoms with Crippen LogP contribution in [0.3, 0.4) is 0 Å². The first-order valence-corrected chi connectivity index (χ1v) is 7.09. The molecular formula is C16H24N2O3. The van der Waals surface area contributed by atoms with Crippen molar-refractivity contribution in [2.75, 3.05) is 33.8 Å². The lowest BCUT2D eigenvalue weighted by Gasteiger charge is -2.28. The Morgan fingerprint density at radius 3 is 2.33 bits per heavy atom.